The minimum atomic E-state index is -0.225. The molecule has 2 amide bonds. The summed E-state index contributed by atoms with van der Waals surface area (Å²) >= 11 is 0. The fourth-order valence-electron chi connectivity index (χ4n) is 3.58. The Morgan fingerprint density at radius 2 is 1.76 bits per heavy atom. The Morgan fingerprint density at radius 3 is 2.53 bits per heavy atom. The monoisotopic (exact) mass is 236 g/mol. The third-order valence-electron chi connectivity index (χ3n) is 4.52. The smallest absolute Gasteiger partial charge is 0.246 e. The fourth-order valence-corrected chi connectivity index (χ4v) is 3.58. The molecule has 2 atom stereocenters. The molecule has 0 aromatic heterocycles. The van der Waals surface area contributed by atoms with Crippen molar-refractivity contribution in [2.24, 2.45) is 5.92 Å². The van der Waals surface area contributed by atoms with E-state index in [4.69, 9.17) is 0 Å². The molecule has 1 aliphatic carbocycles. The zero-order valence-electron chi connectivity index (χ0n) is 10.2. The Labute approximate surface area is 102 Å². The van der Waals surface area contributed by atoms with Crippen LogP contribution in [0.15, 0.2) is 0 Å². The molecule has 3 fully saturated rings. The molecule has 0 aromatic rings. The number of nitrogens with zero attached hydrogens (tertiary/aromatic N) is 1. The molecule has 0 aromatic carbocycles. The van der Waals surface area contributed by atoms with E-state index in [2.05, 4.69) is 5.32 Å². The number of nitrogens with one attached hydrogen (secondary N) is 1. The summed E-state index contributed by atoms with van der Waals surface area (Å²) < 4.78 is 0. The summed E-state index contributed by atoms with van der Waals surface area (Å²) in [5.74, 6) is 0.637. The standard InChI is InChI=1S/C13H20N2O2/c16-12-10-7-4-8-15(10)13(17)11(14-12)9-5-2-1-3-6-9/h9-11H,1-8H2,(H,14,16)/t10-,11+/m1/s1. The average molecular weight is 236 g/mol. The van der Waals surface area contributed by atoms with Crippen molar-refractivity contribution in [2.45, 2.75) is 57.0 Å². The Morgan fingerprint density at radius 1 is 1.00 bits per heavy atom. The van der Waals surface area contributed by atoms with Crippen LogP contribution >= 0.6 is 0 Å². The minimum Gasteiger partial charge on any atom is -0.342 e. The number of hydrogen-bond acceptors (Lipinski definition) is 2. The lowest BCUT2D eigenvalue weighted by Crippen LogP contribution is -2.63. The van der Waals surface area contributed by atoms with E-state index in [1.165, 1.54) is 19.3 Å². The van der Waals surface area contributed by atoms with Crippen LogP contribution in [0.4, 0.5) is 0 Å². The minimum absolute atomic E-state index is 0.0812. The van der Waals surface area contributed by atoms with Crippen molar-refractivity contribution < 1.29 is 9.59 Å². The van der Waals surface area contributed by atoms with Crippen LogP contribution in [-0.4, -0.2) is 35.3 Å². The topological polar surface area (TPSA) is 49.4 Å². The van der Waals surface area contributed by atoms with Crippen LogP contribution in [0.5, 0.6) is 0 Å². The van der Waals surface area contributed by atoms with Crippen LogP contribution in [0.25, 0.3) is 0 Å². The number of piperazine rings is 1. The fraction of sp³-hybridized carbons (Fsp3) is 0.846. The second-order valence-electron chi connectivity index (χ2n) is 5.57. The number of carbonyl (C=O) groups is 2. The summed E-state index contributed by atoms with van der Waals surface area (Å²) in [5.41, 5.74) is 0. The molecule has 3 rings (SSSR count). The molecule has 2 heterocycles. The summed E-state index contributed by atoms with van der Waals surface area (Å²) in [6.45, 7) is 0.778. The molecule has 4 heteroatoms. The Bertz CT molecular complexity index is 336. The van der Waals surface area contributed by atoms with E-state index < -0.39 is 0 Å². The van der Waals surface area contributed by atoms with Gasteiger partial charge in [0.1, 0.15) is 12.1 Å². The molecule has 17 heavy (non-hydrogen) atoms. The first-order valence-electron chi connectivity index (χ1n) is 6.88. The summed E-state index contributed by atoms with van der Waals surface area (Å²) in [5, 5.41) is 2.98. The SMILES string of the molecule is O=C1N[C@@H](C2CCCCC2)C(=O)N2CCC[C@H]12. The normalized spacial score (nSPS) is 34.7. The predicted molar refractivity (Wildman–Crippen MR) is 63.2 cm³/mol. The van der Waals surface area contributed by atoms with Gasteiger partial charge in [0.25, 0.3) is 0 Å². The largest absolute Gasteiger partial charge is 0.342 e. The Balaban J connectivity index is 1.76. The number of fused-ring (bicyclic) bond motifs is 1. The molecule has 0 spiro atoms. The van der Waals surface area contributed by atoms with Crippen molar-refractivity contribution in [3.8, 4) is 0 Å². The van der Waals surface area contributed by atoms with E-state index in [0.29, 0.717) is 5.92 Å². The molecule has 3 aliphatic rings. The highest BCUT2D eigenvalue weighted by Crippen LogP contribution is 2.31. The van der Waals surface area contributed by atoms with Gasteiger partial charge >= 0.3 is 0 Å². The van der Waals surface area contributed by atoms with Gasteiger partial charge in [0, 0.05) is 6.54 Å². The highest BCUT2D eigenvalue weighted by molar-refractivity contribution is 5.97. The van der Waals surface area contributed by atoms with Crippen molar-refractivity contribution in [3.63, 3.8) is 0 Å². The van der Waals surface area contributed by atoms with Crippen LogP contribution in [0.2, 0.25) is 0 Å². The van der Waals surface area contributed by atoms with Crippen molar-refractivity contribution >= 4 is 11.8 Å². The molecule has 1 saturated carbocycles. The lowest BCUT2D eigenvalue weighted by molar-refractivity contribution is -0.149. The summed E-state index contributed by atoms with van der Waals surface area (Å²) in [6.07, 6.45) is 7.68. The molecule has 0 bridgehead atoms. The maximum atomic E-state index is 12.4. The van der Waals surface area contributed by atoms with Crippen molar-refractivity contribution in [1.82, 2.24) is 10.2 Å². The van der Waals surface area contributed by atoms with Gasteiger partial charge in [-0.25, -0.2) is 0 Å². The highest BCUT2D eigenvalue weighted by atomic mass is 16.2. The van der Waals surface area contributed by atoms with Gasteiger partial charge < -0.3 is 10.2 Å². The van der Waals surface area contributed by atoms with E-state index in [1.807, 2.05) is 4.90 Å². The molecular formula is C13H20N2O2. The van der Waals surface area contributed by atoms with E-state index in [0.717, 1.165) is 32.2 Å². The van der Waals surface area contributed by atoms with Crippen LogP contribution in [-0.2, 0) is 9.59 Å². The Hall–Kier alpha value is -1.06. The molecule has 2 saturated heterocycles. The van der Waals surface area contributed by atoms with Gasteiger partial charge in [-0.1, -0.05) is 19.3 Å². The highest BCUT2D eigenvalue weighted by Gasteiger charge is 2.45. The third kappa shape index (κ3) is 1.83. The van der Waals surface area contributed by atoms with Gasteiger partial charge in [0.15, 0.2) is 0 Å². The zero-order chi connectivity index (χ0) is 11.8. The second kappa shape index (κ2) is 4.31. The summed E-state index contributed by atoms with van der Waals surface area (Å²) in [4.78, 5) is 26.1. The molecule has 0 radical (unpaired) electrons. The first-order chi connectivity index (χ1) is 8.27. The van der Waals surface area contributed by atoms with E-state index in [-0.39, 0.29) is 23.9 Å². The maximum absolute atomic E-state index is 12.4. The number of rotatable bonds is 1. The first-order valence-corrected chi connectivity index (χ1v) is 6.88. The second-order valence-corrected chi connectivity index (χ2v) is 5.57. The van der Waals surface area contributed by atoms with Crippen LogP contribution in [0.1, 0.15) is 44.9 Å². The predicted octanol–water partition coefficient (Wildman–Crippen LogP) is 1.06. The van der Waals surface area contributed by atoms with Crippen molar-refractivity contribution in [1.29, 1.82) is 0 Å². The van der Waals surface area contributed by atoms with E-state index >= 15 is 0 Å². The first kappa shape index (κ1) is 11.1. The van der Waals surface area contributed by atoms with Crippen LogP contribution < -0.4 is 5.32 Å². The van der Waals surface area contributed by atoms with Crippen LogP contribution in [0, 0.1) is 5.92 Å². The third-order valence-corrected chi connectivity index (χ3v) is 4.52. The van der Waals surface area contributed by atoms with E-state index in [1.54, 1.807) is 0 Å². The summed E-state index contributed by atoms with van der Waals surface area (Å²) in [6, 6.07) is -0.389. The molecule has 2 aliphatic heterocycles. The molecule has 4 nitrogen and oxygen atoms in total. The lowest BCUT2D eigenvalue weighted by Gasteiger charge is -2.39. The van der Waals surface area contributed by atoms with Gasteiger partial charge in [0.05, 0.1) is 0 Å². The molecule has 1 N–H and O–H groups in total. The number of amides is 2. The Kier molecular flexibility index (Phi) is 2.81. The molecule has 94 valence electrons. The lowest BCUT2D eigenvalue weighted by atomic mass is 9.82. The number of carbonyl (C=O) groups excluding carboxylic acids is 2. The average Bonchev–Trinajstić information content (AvgIpc) is 2.85. The van der Waals surface area contributed by atoms with Crippen molar-refractivity contribution in [2.75, 3.05) is 6.54 Å². The quantitative estimate of drug-likeness (QED) is 0.740. The summed E-state index contributed by atoms with van der Waals surface area (Å²) in [7, 11) is 0. The maximum Gasteiger partial charge on any atom is 0.246 e. The number of hydrogen-bond donors (Lipinski definition) is 1. The molecular weight excluding hydrogens is 216 g/mol. The zero-order valence-corrected chi connectivity index (χ0v) is 10.2. The van der Waals surface area contributed by atoms with Gasteiger partial charge in [-0.05, 0) is 31.6 Å². The molecule has 0 unspecified atom stereocenters. The van der Waals surface area contributed by atoms with Crippen molar-refractivity contribution in [3.05, 3.63) is 0 Å². The van der Waals surface area contributed by atoms with Gasteiger partial charge in [0.2, 0.25) is 11.8 Å². The van der Waals surface area contributed by atoms with Gasteiger partial charge in [-0.3, -0.25) is 9.59 Å². The van der Waals surface area contributed by atoms with E-state index in [9.17, 15) is 9.59 Å². The van der Waals surface area contributed by atoms with Gasteiger partial charge in [-0.15, -0.1) is 0 Å². The van der Waals surface area contributed by atoms with Crippen LogP contribution in [0.3, 0.4) is 0 Å². The van der Waals surface area contributed by atoms with Gasteiger partial charge in [-0.2, -0.15) is 0 Å².